The Morgan fingerprint density at radius 1 is 1.28 bits per heavy atom. The summed E-state index contributed by atoms with van der Waals surface area (Å²) < 4.78 is 5.20. The second kappa shape index (κ2) is 8.97. The van der Waals surface area contributed by atoms with Crippen molar-refractivity contribution in [3.63, 3.8) is 0 Å². The zero-order chi connectivity index (χ0) is 18.1. The van der Waals surface area contributed by atoms with Crippen molar-refractivity contribution in [2.45, 2.75) is 6.92 Å². The SMILES string of the molecule is Cc1ccc(OCC(=O)NN=CC=Cc2ccccc2)c([N+](=O)[O-])c1. The number of carbonyl (C=O) groups excluding carboxylic acids is 1. The van der Waals surface area contributed by atoms with Crippen LogP contribution in [0, 0.1) is 17.0 Å². The molecule has 1 amide bonds. The third-order valence-electron chi connectivity index (χ3n) is 3.11. The number of aryl methyl sites for hydroxylation is 1. The summed E-state index contributed by atoms with van der Waals surface area (Å²) in [6.45, 7) is 1.37. The molecule has 7 nitrogen and oxygen atoms in total. The molecule has 0 aliphatic heterocycles. The summed E-state index contributed by atoms with van der Waals surface area (Å²) in [6.07, 6.45) is 4.95. The maximum Gasteiger partial charge on any atom is 0.311 e. The van der Waals surface area contributed by atoms with Crippen molar-refractivity contribution >= 4 is 23.9 Å². The average molecular weight is 339 g/mol. The van der Waals surface area contributed by atoms with Gasteiger partial charge < -0.3 is 4.74 Å². The Balaban J connectivity index is 1.82. The van der Waals surface area contributed by atoms with Crippen LogP contribution in [-0.4, -0.2) is 23.7 Å². The molecule has 7 heteroatoms. The minimum atomic E-state index is -0.549. The Labute approximate surface area is 144 Å². The van der Waals surface area contributed by atoms with Gasteiger partial charge in [-0.15, -0.1) is 0 Å². The first-order valence-corrected chi connectivity index (χ1v) is 7.48. The van der Waals surface area contributed by atoms with E-state index in [9.17, 15) is 14.9 Å². The van der Waals surface area contributed by atoms with E-state index < -0.39 is 10.8 Å². The van der Waals surface area contributed by atoms with E-state index in [1.54, 1.807) is 19.1 Å². The number of ether oxygens (including phenoxy) is 1. The molecule has 0 aliphatic rings. The Bertz CT molecular complexity index is 801. The Morgan fingerprint density at radius 3 is 2.76 bits per heavy atom. The maximum atomic E-state index is 11.7. The second-order valence-electron chi connectivity index (χ2n) is 5.10. The van der Waals surface area contributed by atoms with Gasteiger partial charge in [0, 0.05) is 12.3 Å². The molecule has 2 rings (SSSR count). The molecule has 2 aromatic rings. The van der Waals surface area contributed by atoms with Crippen LogP contribution < -0.4 is 10.2 Å². The van der Waals surface area contributed by atoms with E-state index in [-0.39, 0.29) is 18.0 Å². The van der Waals surface area contributed by atoms with Crippen LogP contribution in [-0.2, 0) is 4.79 Å². The van der Waals surface area contributed by atoms with Crippen LogP contribution in [0.25, 0.3) is 6.08 Å². The lowest BCUT2D eigenvalue weighted by Gasteiger charge is -2.06. The van der Waals surface area contributed by atoms with E-state index in [0.29, 0.717) is 0 Å². The highest BCUT2D eigenvalue weighted by molar-refractivity contribution is 5.82. The molecule has 0 radical (unpaired) electrons. The molecule has 0 atom stereocenters. The van der Waals surface area contributed by atoms with Gasteiger partial charge in [0.1, 0.15) is 0 Å². The van der Waals surface area contributed by atoms with Crippen LogP contribution in [0.4, 0.5) is 5.69 Å². The first-order valence-electron chi connectivity index (χ1n) is 7.48. The van der Waals surface area contributed by atoms with Crippen molar-refractivity contribution in [2.24, 2.45) is 5.10 Å². The number of rotatable bonds is 7. The number of benzene rings is 2. The fourth-order valence-corrected chi connectivity index (χ4v) is 1.94. The van der Waals surface area contributed by atoms with Crippen LogP contribution >= 0.6 is 0 Å². The normalized spacial score (nSPS) is 10.9. The van der Waals surface area contributed by atoms with Gasteiger partial charge in [0.05, 0.1) is 4.92 Å². The third-order valence-corrected chi connectivity index (χ3v) is 3.11. The van der Waals surface area contributed by atoms with Gasteiger partial charge in [-0.3, -0.25) is 14.9 Å². The summed E-state index contributed by atoms with van der Waals surface area (Å²) in [6, 6.07) is 14.2. The number of nitrogens with one attached hydrogen (secondary N) is 1. The van der Waals surface area contributed by atoms with Crippen molar-refractivity contribution in [1.82, 2.24) is 5.43 Å². The molecule has 0 aromatic heterocycles. The number of allylic oxidation sites excluding steroid dienone is 1. The second-order valence-corrected chi connectivity index (χ2v) is 5.10. The fraction of sp³-hybridized carbons (Fsp3) is 0.111. The van der Waals surface area contributed by atoms with E-state index in [2.05, 4.69) is 10.5 Å². The molecule has 1 N–H and O–H groups in total. The van der Waals surface area contributed by atoms with Crippen molar-refractivity contribution in [1.29, 1.82) is 0 Å². The molecule has 0 saturated carbocycles. The summed E-state index contributed by atoms with van der Waals surface area (Å²) in [5.41, 5.74) is 3.85. The summed E-state index contributed by atoms with van der Waals surface area (Å²) in [5.74, 6) is -0.474. The number of nitro groups is 1. The van der Waals surface area contributed by atoms with Gasteiger partial charge in [0.2, 0.25) is 0 Å². The quantitative estimate of drug-likeness (QED) is 0.476. The molecule has 0 fully saturated rings. The molecular formula is C18H17N3O4. The van der Waals surface area contributed by atoms with Gasteiger partial charge in [-0.25, -0.2) is 5.43 Å². The van der Waals surface area contributed by atoms with Gasteiger partial charge in [0.25, 0.3) is 5.91 Å². The Kier molecular flexibility index (Phi) is 6.41. The average Bonchev–Trinajstić information content (AvgIpc) is 2.61. The maximum absolute atomic E-state index is 11.7. The highest BCUT2D eigenvalue weighted by atomic mass is 16.6. The monoisotopic (exact) mass is 339 g/mol. The largest absolute Gasteiger partial charge is 0.477 e. The zero-order valence-electron chi connectivity index (χ0n) is 13.6. The fourth-order valence-electron chi connectivity index (χ4n) is 1.94. The van der Waals surface area contributed by atoms with E-state index >= 15 is 0 Å². The molecule has 0 heterocycles. The number of hydrogen-bond donors (Lipinski definition) is 1. The number of nitrogens with zero attached hydrogens (tertiary/aromatic N) is 2. The molecule has 0 saturated heterocycles. The van der Waals surface area contributed by atoms with Gasteiger partial charge in [-0.2, -0.15) is 5.10 Å². The van der Waals surface area contributed by atoms with Crippen molar-refractivity contribution in [3.05, 3.63) is 75.8 Å². The van der Waals surface area contributed by atoms with Crippen molar-refractivity contribution in [3.8, 4) is 5.75 Å². The lowest BCUT2D eigenvalue weighted by molar-refractivity contribution is -0.385. The number of carbonyl (C=O) groups is 1. The number of nitro benzene ring substituents is 1. The van der Waals surface area contributed by atoms with Crippen LogP contribution in [0.15, 0.2) is 59.7 Å². The number of hydrogen-bond acceptors (Lipinski definition) is 5. The lowest BCUT2D eigenvalue weighted by Crippen LogP contribution is -2.24. The van der Waals surface area contributed by atoms with E-state index in [0.717, 1.165) is 11.1 Å². The smallest absolute Gasteiger partial charge is 0.311 e. The Hall–Kier alpha value is -3.48. The molecule has 0 aliphatic carbocycles. The summed E-state index contributed by atoms with van der Waals surface area (Å²) in [7, 11) is 0. The van der Waals surface area contributed by atoms with Gasteiger partial charge in [0.15, 0.2) is 12.4 Å². The summed E-state index contributed by atoms with van der Waals surface area (Å²) in [5, 5.41) is 14.7. The van der Waals surface area contributed by atoms with Crippen LogP contribution in [0.3, 0.4) is 0 Å². The summed E-state index contributed by atoms with van der Waals surface area (Å²) >= 11 is 0. The minimum Gasteiger partial charge on any atom is -0.477 e. The van der Waals surface area contributed by atoms with Crippen LogP contribution in [0.5, 0.6) is 5.75 Å². The topological polar surface area (TPSA) is 93.8 Å². The zero-order valence-corrected chi connectivity index (χ0v) is 13.6. The van der Waals surface area contributed by atoms with E-state index in [1.807, 2.05) is 36.4 Å². The predicted octanol–water partition coefficient (Wildman–Crippen LogP) is 3.10. The molecule has 0 unspecified atom stereocenters. The predicted molar refractivity (Wildman–Crippen MR) is 95.4 cm³/mol. The van der Waals surface area contributed by atoms with Crippen molar-refractivity contribution in [2.75, 3.05) is 6.61 Å². The first-order chi connectivity index (χ1) is 12.1. The van der Waals surface area contributed by atoms with Gasteiger partial charge >= 0.3 is 5.69 Å². The molecule has 0 bridgehead atoms. The minimum absolute atomic E-state index is 0.0405. The first kappa shape index (κ1) is 17.9. The standard InChI is InChI=1S/C18H17N3O4/c1-14-9-10-17(16(12-14)21(23)24)25-13-18(22)20-19-11-5-8-15-6-3-2-4-7-15/h2-12H,13H2,1H3,(H,20,22). The van der Waals surface area contributed by atoms with Crippen LogP contribution in [0.1, 0.15) is 11.1 Å². The third kappa shape index (κ3) is 5.91. The Morgan fingerprint density at radius 2 is 2.04 bits per heavy atom. The van der Waals surface area contributed by atoms with Gasteiger partial charge in [-0.05, 0) is 30.2 Å². The lowest BCUT2D eigenvalue weighted by atomic mass is 10.2. The van der Waals surface area contributed by atoms with Gasteiger partial charge in [-0.1, -0.05) is 42.5 Å². The van der Waals surface area contributed by atoms with Crippen molar-refractivity contribution < 1.29 is 14.5 Å². The van der Waals surface area contributed by atoms with E-state index in [4.69, 9.17) is 4.74 Å². The highest BCUT2D eigenvalue weighted by Gasteiger charge is 2.16. The number of hydrazone groups is 1. The molecule has 25 heavy (non-hydrogen) atoms. The molecule has 128 valence electrons. The van der Waals surface area contributed by atoms with E-state index in [1.165, 1.54) is 18.3 Å². The molecule has 0 spiro atoms. The highest BCUT2D eigenvalue weighted by Crippen LogP contribution is 2.27. The molecule has 2 aromatic carbocycles. The number of amides is 1. The molecular weight excluding hydrogens is 322 g/mol. The summed E-state index contributed by atoms with van der Waals surface area (Å²) in [4.78, 5) is 22.1. The van der Waals surface area contributed by atoms with Crippen LogP contribution in [0.2, 0.25) is 0 Å².